The Morgan fingerprint density at radius 3 is 2.13 bits per heavy atom. The number of sulfonamides is 1. The summed E-state index contributed by atoms with van der Waals surface area (Å²) in [5, 5.41) is 15.5. The van der Waals surface area contributed by atoms with Crippen molar-refractivity contribution in [1.82, 2.24) is 19.6 Å². The Morgan fingerprint density at radius 1 is 0.915 bits per heavy atom. The molecule has 3 heterocycles. The zero-order chi connectivity index (χ0) is 33.9. The van der Waals surface area contributed by atoms with Gasteiger partial charge in [0.1, 0.15) is 12.1 Å². The van der Waals surface area contributed by atoms with Crippen LogP contribution in [0.4, 0.5) is 5.69 Å². The summed E-state index contributed by atoms with van der Waals surface area (Å²) < 4.78 is 28.7. The molecule has 3 atom stereocenters. The number of carbonyl (C=O) groups is 3. The number of carboxylic acids is 1. The molecule has 1 unspecified atom stereocenters. The van der Waals surface area contributed by atoms with Gasteiger partial charge in [-0.3, -0.25) is 19.6 Å². The number of nitrogens with zero attached hydrogens (tertiary/aromatic N) is 3. The number of halogens is 4. The Morgan fingerprint density at radius 2 is 1.53 bits per heavy atom. The molecule has 47 heavy (non-hydrogen) atoms. The minimum absolute atomic E-state index is 0.0462. The number of aromatic nitrogens is 2. The van der Waals surface area contributed by atoms with Gasteiger partial charge in [-0.05, 0) is 65.9 Å². The molecule has 2 amide bonds. The highest BCUT2D eigenvalue weighted by Crippen LogP contribution is 2.37. The summed E-state index contributed by atoms with van der Waals surface area (Å²) in [4.78, 5) is 46.3. The molecule has 11 nitrogen and oxygen atoms in total. The maximum atomic E-state index is 13.8. The third kappa shape index (κ3) is 8.03. The van der Waals surface area contributed by atoms with E-state index in [0.717, 1.165) is 9.87 Å². The average molecular weight is 737 g/mol. The Bertz CT molecular complexity index is 1890. The number of carboxylic acid groups (broad SMARTS) is 1. The maximum Gasteiger partial charge on any atom is 0.326 e. The van der Waals surface area contributed by atoms with E-state index < -0.39 is 39.9 Å². The van der Waals surface area contributed by atoms with Crippen molar-refractivity contribution >= 4 is 79.9 Å². The van der Waals surface area contributed by atoms with E-state index in [1.165, 1.54) is 30.6 Å². The first-order chi connectivity index (χ1) is 22.3. The molecule has 3 N–H and O–H groups in total. The van der Waals surface area contributed by atoms with E-state index in [9.17, 15) is 27.9 Å². The molecule has 4 aromatic rings. The van der Waals surface area contributed by atoms with Gasteiger partial charge in [-0.25, -0.2) is 13.2 Å². The molecule has 1 aliphatic rings. The minimum atomic E-state index is -4.29. The molecule has 2 aromatic heterocycles. The van der Waals surface area contributed by atoms with Crippen molar-refractivity contribution in [2.45, 2.75) is 35.7 Å². The van der Waals surface area contributed by atoms with Gasteiger partial charge in [0.05, 0.1) is 20.5 Å². The molecule has 1 fully saturated rings. The van der Waals surface area contributed by atoms with Gasteiger partial charge in [0.25, 0.3) is 5.91 Å². The summed E-state index contributed by atoms with van der Waals surface area (Å²) in [5.74, 6) is -3.04. The van der Waals surface area contributed by atoms with Crippen LogP contribution in [-0.2, 0) is 26.0 Å². The average Bonchev–Trinajstić information content (AvgIpc) is 3.48. The molecular formula is C31H25Cl4N5O6S. The van der Waals surface area contributed by atoms with Gasteiger partial charge in [0.15, 0.2) is 0 Å². The van der Waals surface area contributed by atoms with E-state index >= 15 is 0 Å². The van der Waals surface area contributed by atoms with Crippen molar-refractivity contribution in [3.8, 4) is 0 Å². The Labute approximate surface area is 289 Å². The number of anilines is 1. The number of amides is 2. The Balaban J connectivity index is 1.34. The van der Waals surface area contributed by atoms with Gasteiger partial charge in [-0.15, -0.1) is 0 Å². The van der Waals surface area contributed by atoms with Crippen molar-refractivity contribution in [2.75, 3.05) is 11.9 Å². The zero-order valence-electron chi connectivity index (χ0n) is 24.1. The largest absolute Gasteiger partial charge is 0.480 e. The maximum absolute atomic E-state index is 13.8. The fraction of sp³-hybridized carbons (Fsp3) is 0.194. The van der Waals surface area contributed by atoms with Gasteiger partial charge >= 0.3 is 5.97 Å². The fourth-order valence-electron chi connectivity index (χ4n) is 5.25. The summed E-state index contributed by atoms with van der Waals surface area (Å²) in [6.45, 7) is -0.0462. The van der Waals surface area contributed by atoms with Crippen LogP contribution in [0, 0.1) is 0 Å². The molecule has 0 radical (unpaired) electrons. The normalized spacial score (nSPS) is 17.2. The topological polar surface area (TPSA) is 159 Å². The van der Waals surface area contributed by atoms with E-state index in [4.69, 9.17) is 46.4 Å². The number of hydrogen-bond acceptors (Lipinski definition) is 7. The minimum Gasteiger partial charge on any atom is -0.480 e. The third-order valence-corrected chi connectivity index (χ3v) is 10.4. The first kappa shape index (κ1) is 34.6. The highest BCUT2D eigenvalue weighted by atomic mass is 35.5. The molecule has 0 aliphatic carbocycles. The third-order valence-electron chi connectivity index (χ3n) is 7.53. The smallest absolute Gasteiger partial charge is 0.326 e. The molecule has 16 heteroatoms. The molecule has 0 spiro atoms. The van der Waals surface area contributed by atoms with Crippen molar-refractivity contribution in [3.05, 3.63) is 116 Å². The van der Waals surface area contributed by atoms with E-state index in [1.54, 1.807) is 48.8 Å². The van der Waals surface area contributed by atoms with Crippen LogP contribution in [0.1, 0.15) is 33.8 Å². The number of aliphatic carboxylic acids is 1. The Hall–Kier alpha value is -3.78. The highest BCUT2D eigenvalue weighted by Gasteiger charge is 2.45. The molecule has 5 rings (SSSR count). The molecule has 1 aliphatic heterocycles. The number of benzene rings is 2. The highest BCUT2D eigenvalue weighted by molar-refractivity contribution is 7.89. The van der Waals surface area contributed by atoms with Crippen LogP contribution < -0.4 is 10.6 Å². The Kier molecular flexibility index (Phi) is 10.7. The summed E-state index contributed by atoms with van der Waals surface area (Å²) >= 11 is 24.3. The molecule has 2 aromatic carbocycles. The standard InChI is InChI=1S/C31H25Cl4N5O6S/c32-20-11-21(33)13-23(12-20)47(45,46)40-16-19(18-5-7-36-8-6-18)10-27(40)29(41)39-26(31(43)44)9-17-1-3-22(4-2-17)38-30(42)28-24(34)14-37-15-25(28)35/h1-8,11-15,19,26-27H,9-10,16H2,(H,38,42)(H,39,41)(H,43,44)/t19-,26-,27?/m0/s1. The summed E-state index contributed by atoms with van der Waals surface area (Å²) in [7, 11) is -4.29. The first-order valence-electron chi connectivity index (χ1n) is 13.9. The van der Waals surface area contributed by atoms with E-state index in [1.807, 2.05) is 0 Å². The van der Waals surface area contributed by atoms with E-state index in [2.05, 4.69) is 20.6 Å². The van der Waals surface area contributed by atoms with Crippen LogP contribution in [0.15, 0.2) is 84.3 Å². The second-order valence-electron chi connectivity index (χ2n) is 10.6. The van der Waals surface area contributed by atoms with E-state index in [0.29, 0.717) is 11.3 Å². The monoisotopic (exact) mass is 735 g/mol. The van der Waals surface area contributed by atoms with Gasteiger partial charge in [-0.1, -0.05) is 58.5 Å². The first-order valence-corrected chi connectivity index (χ1v) is 16.9. The van der Waals surface area contributed by atoms with Crippen molar-refractivity contribution < 1.29 is 27.9 Å². The van der Waals surface area contributed by atoms with Crippen LogP contribution in [-0.4, -0.2) is 64.2 Å². The van der Waals surface area contributed by atoms with Crippen molar-refractivity contribution in [2.24, 2.45) is 0 Å². The van der Waals surface area contributed by atoms with Crippen LogP contribution in [0.2, 0.25) is 20.1 Å². The summed E-state index contributed by atoms with van der Waals surface area (Å²) in [6.07, 6.45) is 5.68. The van der Waals surface area contributed by atoms with Gasteiger partial charge in [-0.2, -0.15) is 4.31 Å². The number of nitrogens with one attached hydrogen (secondary N) is 2. The fourth-order valence-corrected chi connectivity index (χ4v) is 8.16. The second kappa shape index (κ2) is 14.5. The summed E-state index contributed by atoms with van der Waals surface area (Å²) in [5.41, 5.74) is 1.73. The summed E-state index contributed by atoms with van der Waals surface area (Å²) in [6, 6.07) is 11.0. The lowest BCUT2D eigenvalue weighted by Gasteiger charge is -2.25. The van der Waals surface area contributed by atoms with Gasteiger partial charge in [0, 0.05) is 53.5 Å². The second-order valence-corrected chi connectivity index (χ2v) is 14.2. The number of pyridine rings is 2. The predicted molar refractivity (Wildman–Crippen MR) is 178 cm³/mol. The van der Waals surface area contributed by atoms with Gasteiger partial charge in [0.2, 0.25) is 15.9 Å². The van der Waals surface area contributed by atoms with Crippen LogP contribution in [0.3, 0.4) is 0 Å². The lowest BCUT2D eigenvalue weighted by atomic mass is 9.97. The molecule has 244 valence electrons. The number of carbonyl (C=O) groups excluding carboxylic acids is 2. The zero-order valence-corrected chi connectivity index (χ0v) is 27.9. The molecule has 0 bridgehead atoms. The van der Waals surface area contributed by atoms with Crippen molar-refractivity contribution in [3.63, 3.8) is 0 Å². The molecular weight excluding hydrogens is 712 g/mol. The van der Waals surface area contributed by atoms with Crippen molar-refractivity contribution in [1.29, 1.82) is 0 Å². The van der Waals surface area contributed by atoms with Gasteiger partial charge < -0.3 is 15.7 Å². The molecule has 1 saturated heterocycles. The quantitative estimate of drug-likeness (QED) is 0.187. The van der Waals surface area contributed by atoms with Crippen LogP contribution in [0.25, 0.3) is 0 Å². The molecule has 0 saturated carbocycles. The lowest BCUT2D eigenvalue weighted by molar-refractivity contribution is -0.142. The SMILES string of the molecule is O=C(Nc1ccc(C[C@H](NC(=O)C2C[C@H](c3ccncc3)CN2S(=O)(=O)c2cc(Cl)cc(Cl)c2)C(=O)O)cc1)c1c(Cl)cncc1Cl. The van der Waals surface area contributed by atoms with Crippen LogP contribution >= 0.6 is 46.4 Å². The number of rotatable bonds is 10. The van der Waals surface area contributed by atoms with E-state index in [-0.39, 0.29) is 55.9 Å². The number of hydrogen-bond donors (Lipinski definition) is 3. The predicted octanol–water partition coefficient (Wildman–Crippen LogP) is 5.70. The lowest BCUT2D eigenvalue weighted by Crippen LogP contribution is -2.51. The van der Waals surface area contributed by atoms with Crippen LogP contribution in [0.5, 0.6) is 0 Å².